The zero-order chi connectivity index (χ0) is 11.7. The van der Waals surface area contributed by atoms with Crippen LogP contribution in [0.1, 0.15) is 23.3 Å². The Balaban J connectivity index is 1.99. The van der Waals surface area contributed by atoms with Crippen LogP contribution < -0.4 is 0 Å². The number of likely N-dealkylation sites (N-methyl/N-ethyl adjacent to an activating group) is 1. The molecule has 1 N–H and O–H groups in total. The second-order valence-corrected chi connectivity index (χ2v) is 4.10. The van der Waals surface area contributed by atoms with Gasteiger partial charge in [-0.3, -0.25) is 19.8 Å². The maximum Gasteiger partial charge on any atom is 0.287 e. The first-order valence-electron chi connectivity index (χ1n) is 5.14. The standard InChI is InChI=1S/C10H13N3O3/c1-12(7-2-3-7)6-10(14)9-4-8(5-11-9)13(15)16/h4-5,7,11H,2-3,6H2,1H3. The van der Waals surface area contributed by atoms with Gasteiger partial charge in [0, 0.05) is 12.1 Å². The molecule has 0 saturated heterocycles. The van der Waals surface area contributed by atoms with E-state index in [1.54, 1.807) is 0 Å². The highest BCUT2D eigenvalue weighted by Crippen LogP contribution is 2.25. The van der Waals surface area contributed by atoms with Gasteiger partial charge in [0.1, 0.15) is 0 Å². The highest BCUT2D eigenvalue weighted by Gasteiger charge is 2.28. The first-order chi connectivity index (χ1) is 7.58. The number of hydrogen-bond donors (Lipinski definition) is 1. The molecule has 0 unspecified atom stereocenters. The van der Waals surface area contributed by atoms with Crippen molar-refractivity contribution in [3.8, 4) is 0 Å². The highest BCUT2D eigenvalue weighted by atomic mass is 16.6. The fourth-order valence-electron chi connectivity index (χ4n) is 1.61. The van der Waals surface area contributed by atoms with Gasteiger partial charge < -0.3 is 4.98 Å². The molecule has 1 saturated carbocycles. The van der Waals surface area contributed by atoms with E-state index in [2.05, 4.69) is 4.98 Å². The molecule has 0 atom stereocenters. The van der Waals surface area contributed by atoms with Crippen LogP contribution in [0.15, 0.2) is 12.3 Å². The number of ketones is 1. The van der Waals surface area contributed by atoms with Crippen LogP contribution in [0.2, 0.25) is 0 Å². The zero-order valence-corrected chi connectivity index (χ0v) is 8.97. The van der Waals surface area contributed by atoms with Crippen molar-refractivity contribution in [3.05, 3.63) is 28.1 Å². The lowest BCUT2D eigenvalue weighted by atomic mass is 10.2. The molecule has 0 aromatic carbocycles. The van der Waals surface area contributed by atoms with Gasteiger partial charge in [-0.25, -0.2) is 0 Å². The minimum Gasteiger partial charge on any atom is -0.353 e. The summed E-state index contributed by atoms with van der Waals surface area (Å²) in [6, 6.07) is 1.79. The normalized spacial score (nSPS) is 15.4. The lowest BCUT2D eigenvalue weighted by molar-refractivity contribution is -0.384. The monoisotopic (exact) mass is 223 g/mol. The molecule has 0 aliphatic heterocycles. The van der Waals surface area contributed by atoms with E-state index in [1.165, 1.54) is 12.3 Å². The minimum absolute atomic E-state index is 0.0718. The summed E-state index contributed by atoms with van der Waals surface area (Å²) in [5, 5.41) is 10.4. The van der Waals surface area contributed by atoms with E-state index in [-0.39, 0.29) is 11.5 Å². The van der Waals surface area contributed by atoms with E-state index in [1.807, 2.05) is 11.9 Å². The Labute approximate surface area is 92.4 Å². The number of nitrogens with one attached hydrogen (secondary N) is 1. The fraction of sp³-hybridized carbons (Fsp3) is 0.500. The van der Waals surface area contributed by atoms with Crippen LogP contribution in [-0.2, 0) is 0 Å². The quantitative estimate of drug-likeness (QED) is 0.462. The fourth-order valence-corrected chi connectivity index (χ4v) is 1.61. The van der Waals surface area contributed by atoms with Gasteiger partial charge >= 0.3 is 0 Å². The summed E-state index contributed by atoms with van der Waals surface area (Å²) >= 11 is 0. The lowest BCUT2D eigenvalue weighted by Gasteiger charge is -2.13. The third-order valence-corrected chi connectivity index (χ3v) is 2.74. The number of hydrogen-bond acceptors (Lipinski definition) is 4. The first kappa shape index (κ1) is 10.8. The molecule has 0 spiro atoms. The molecule has 0 radical (unpaired) electrons. The van der Waals surface area contributed by atoms with Crippen molar-refractivity contribution in [1.29, 1.82) is 0 Å². The average molecular weight is 223 g/mol. The van der Waals surface area contributed by atoms with Crippen LogP contribution in [-0.4, -0.2) is 40.2 Å². The smallest absolute Gasteiger partial charge is 0.287 e. The van der Waals surface area contributed by atoms with Gasteiger partial charge in [-0.2, -0.15) is 0 Å². The molecular weight excluding hydrogens is 210 g/mol. The Kier molecular flexibility index (Phi) is 2.74. The van der Waals surface area contributed by atoms with E-state index in [4.69, 9.17) is 0 Å². The molecule has 1 fully saturated rings. The zero-order valence-electron chi connectivity index (χ0n) is 8.97. The van der Waals surface area contributed by atoms with Crippen LogP contribution in [0.3, 0.4) is 0 Å². The summed E-state index contributed by atoms with van der Waals surface area (Å²) in [6.07, 6.45) is 3.51. The molecule has 6 nitrogen and oxygen atoms in total. The number of H-pyrrole nitrogens is 1. The van der Waals surface area contributed by atoms with Crippen LogP contribution in [0.5, 0.6) is 0 Å². The topological polar surface area (TPSA) is 79.2 Å². The van der Waals surface area contributed by atoms with E-state index in [0.29, 0.717) is 18.3 Å². The molecule has 16 heavy (non-hydrogen) atoms. The number of carbonyl (C=O) groups is 1. The SMILES string of the molecule is CN(CC(=O)c1cc([N+](=O)[O-])c[nH]1)C1CC1. The molecule has 1 aromatic heterocycles. The predicted octanol–water partition coefficient (Wildman–Crippen LogP) is 1.20. The molecule has 86 valence electrons. The van der Waals surface area contributed by atoms with Gasteiger partial charge in [-0.15, -0.1) is 0 Å². The Morgan fingerprint density at radius 3 is 2.88 bits per heavy atom. The number of nitro groups is 1. The van der Waals surface area contributed by atoms with E-state index >= 15 is 0 Å². The summed E-state index contributed by atoms with van der Waals surface area (Å²) in [4.78, 5) is 26.3. The molecule has 0 amide bonds. The van der Waals surface area contributed by atoms with Crippen molar-refractivity contribution < 1.29 is 9.72 Å². The molecule has 1 aliphatic rings. The Bertz CT molecular complexity index is 423. The number of nitrogens with zero attached hydrogens (tertiary/aromatic N) is 2. The first-order valence-corrected chi connectivity index (χ1v) is 5.14. The third kappa shape index (κ3) is 2.27. The van der Waals surface area contributed by atoms with E-state index in [9.17, 15) is 14.9 Å². The maximum atomic E-state index is 11.7. The van der Waals surface area contributed by atoms with Crippen molar-refractivity contribution in [2.45, 2.75) is 18.9 Å². The molecule has 0 bridgehead atoms. The lowest BCUT2D eigenvalue weighted by Crippen LogP contribution is -2.28. The van der Waals surface area contributed by atoms with E-state index in [0.717, 1.165) is 12.8 Å². The second kappa shape index (κ2) is 4.05. The molecule has 1 aromatic rings. The largest absolute Gasteiger partial charge is 0.353 e. The van der Waals surface area contributed by atoms with Gasteiger partial charge in [0.2, 0.25) is 0 Å². The summed E-state index contributed by atoms with van der Waals surface area (Å²) in [7, 11) is 1.90. The van der Waals surface area contributed by atoms with Gasteiger partial charge in [0.25, 0.3) is 5.69 Å². The highest BCUT2D eigenvalue weighted by molar-refractivity contribution is 5.96. The summed E-state index contributed by atoms with van der Waals surface area (Å²) < 4.78 is 0. The minimum atomic E-state index is -0.516. The van der Waals surface area contributed by atoms with Crippen molar-refractivity contribution in [2.75, 3.05) is 13.6 Å². The van der Waals surface area contributed by atoms with Gasteiger partial charge in [-0.1, -0.05) is 0 Å². The Morgan fingerprint density at radius 1 is 1.69 bits per heavy atom. The van der Waals surface area contributed by atoms with Crippen LogP contribution >= 0.6 is 0 Å². The van der Waals surface area contributed by atoms with Crippen molar-refractivity contribution in [3.63, 3.8) is 0 Å². The average Bonchev–Trinajstić information content (AvgIpc) is 2.95. The van der Waals surface area contributed by atoms with Crippen molar-refractivity contribution >= 4 is 11.5 Å². The van der Waals surface area contributed by atoms with E-state index < -0.39 is 4.92 Å². The number of rotatable bonds is 5. The molecule has 2 rings (SSSR count). The van der Waals surface area contributed by atoms with Crippen molar-refractivity contribution in [2.24, 2.45) is 0 Å². The van der Waals surface area contributed by atoms with Gasteiger partial charge in [0.05, 0.1) is 23.4 Å². The van der Waals surface area contributed by atoms with Crippen LogP contribution in [0.4, 0.5) is 5.69 Å². The summed E-state index contributed by atoms with van der Waals surface area (Å²) in [5.41, 5.74) is 0.233. The third-order valence-electron chi connectivity index (χ3n) is 2.74. The molecule has 1 heterocycles. The van der Waals surface area contributed by atoms with Crippen LogP contribution in [0, 0.1) is 10.1 Å². The Hall–Kier alpha value is -1.69. The number of aromatic amines is 1. The van der Waals surface area contributed by atoms with Gasteiger partial charge in [0.15, 0.2) is 5.78 Å². The maximum absolute atomic E-state index is 11.7. The molecule has 1 aliphatic carbocycles. The predicted molar refractivity (Wildman–Crippen MR) is 57.4 cm³/mol. The van der Waals surface area contributed by atoms with Crippen molar-refractivity contribution in [1.82, 2.24) is 9.88 Å². The summed E-state index contributed by atoms with van der Waals surface area (Å²) in [5.74, 6) is -0.109. The van der Waals surface area contributed by atoms with Crippen LogP contribution in [0.25, 0.3) is 0 Å². The second-order valence-electron chi connectivity index (χ2n) is 4.10. The Morgan fingerprint density at radius 2 is 2.38 bits per heavy atom. The number of Topliss-reactive ketones (excluding diaryl/α,β-unsaturated/α-hetero) is 1. The number of carbonyl (C=O) groups excluding carboxylic acids is 1. The molecule has 6 heteroatoms. The van der Waals surface area contributed by atoms with Gasteiger partial charge in [-0.05, 0) is 19.9 Å². The molecular formula is C10H13N3O3. The summed E-state index contributed by atoms with van der Waals surface area (Å²) in [6.45, 7) is 0.308. The number of aromatic nitrogens is 1.